The summed E-state index contributed by atoms with van der Waals surface area (Å²) in [5.74, 6) is -0.743. The number of hydrogen-bond acceptors (Lipinski definition) is 5. The molecular weight excluding hydrogens is 234 g/mol. The molecule has 6 nitrogen and oxygen atoms in total. The van der Waals surface area contributed by atoms with Crippen LogP contribution in [0.1, 0.15) is 29.4 Å². The van der Waals surface area contributed by atoms with E-state index in [1.54, 1.807) is 0 Å². The number of hydrogen-bond donors (Lipinski definition) is 1. The Balaban J connectivity index is 2.10. The molecule has 1 aromatic rings. The number of likely N-dealkylation sites (tertiary alicyclic amines) is 1. The third-order valence-electron chi connectivity index (χ3n) is 3.15. The zero-order valence-electron chi connectivity index (χ0n) is 10.2. The molecule has 96 valence electrons. The molecule has 1 saturated heterocycles. The van der Waals surface area contributed by atoms with E-state index >= 15 is 0 Å². The van der Waals surface area contributed by atoms with E-state index in [4.69, 9.17) is 5.11 Å². The molecule has 0 saturated carbocycles. The molecule has 1 aromatic heterocycles. The fraction of sp³-hybridized carbons (Fsp3) is 0.500. The predicted octanol–water partition coefficient (Wildman–Crippen LogP) is 0.586. The van der Waals surface area contributed by atoms with Gasteiger partial charge in [-0.25, -0.2) is 14.8 Å². The van der Waals surface area contributed by atoms with Crippen LogP contribution < -0.4 is 0 Å². The van der Waals surface area contributed by atoms with Crippen LogP contribution in [0.5, 0.6) is 0 Å². The Morgan fingerprint density at radius 2 is 2.39 bits per heavy atom. The molecule has 6 heteroatoms. The van der Waals surface area contributed by atoms with Gasteiger partial charge >= 0.3 is 5.97 Å². The average Bonchev–Trinajstić information content (AvgIpc) is 2.34. The molecule has 0 spiro atoms. The van der Waals surface area contributed by atoms with E-state index in [0.29, 0.717) is 31.7 Å². The molecule has 1 fully saturated rings. The molecule has 2 heterocycles. The Kier molecular flexibility index (Phi) is 3.66. The number of carbonyl (C=O) groups is 2. The number of Topliss-reactive ketones (excluding diaryl/α,β-unsaturated/α-hetero) is 1. The van der Waals surface area contributed by atoms with Crippen molar-refractivity contribution < 1.29 is 14.7 Å². The Labute approximate surface area is 105 Å². The monoisotopic (exact) mass is 249 g/mol. The standard InChI is InChI=1S/C12H15N3O3/c1-8-5-15(3-2-11(8)16)6-10-9(12(17)18)4-13-7-14-10/h4,7-8H,2-3,5-6H2,1H3,(H,17,18). The van der Waals surface area contributed by atoms with Crippen LogP contribution in [0.15, 0.2) is 12.5 Å². The number of carbonyl (C=O) groups excluding carboxylic acids is 1. The lowest BCUT2D eigenvalue weighted by Crippen LogP contribution is -2.39. The number of carboxylic acids is 1. The Morgan fingerprint density at radius 3 is 3.06 bits per heavy atom. The Bertz CT molecular complexity index is 475. The lowest BCUT2D eigenvalue weighted by Gasteiger charge is -2.29. The molecule has 2 rings (SSSR count). The lowest BCUT2D eigenvalue weighted by molar-refractivity contribution is -0.125. The van der Waals surface area contributed by atoms with E-state index in [-0.39, 0.29) is 17.3 Å². The van der Waals surface area contributed by atoms with E-state index in [2.05, 4.69) is 14.9 Å². The zero-order valence-corrected chi connectivity index (χ0v) is 10.2. The number of rotatable bonds is 3. The number of nitrogens with zero attached hydrogens (tertiary/aromatic N) is 3. The second-order valence-corrected chi connectivity index (χ2v) is 4.54. The van der Waals surface area contributed by atoms with Gasteiger partial charge in [0.15, 0.2) is 0 Å². The average molecular weight is 249 g/mol. The van der Waals surface area contributed by atoms with Crippen LogP contribution in [0.2, 0.25) is 0 Å². The summed E-state index contributed by atoms with van der Waals surface area (Å²) in [4.78, 5) is 32.2. The van der Waals surface area contributed by atoms with Gasteiger partial charge < -0.3 is 5.11 Å². The van der Waals surface area contributed by atoms with Crippen LogP contribution in [-0.4, -0.2) is 44.8 Å². The summed E-state index contributed by atoms with van der Waals surface area (Å²) in [6.07, 6.45) is 3.18. The highest BCUT2D eigenvalue weighted by Crippen LogP contribution is 2.15. The van der Waals surface area contributed by atoms with Crippen molar-refractivity contribution in [1.29, 1.82) is 0 Å². The second kappa shape index (κ2) is 5.22. The van der Waals surface area contributed by atoms with Crippen molar-refractivity contribution in [3.05, 3.63) is 23.8 Å². The summed E-state index contributed by atoms with van der Waals surface area (Å²) in [7, 11) is 0. The van der Waals surface area contributed by atoms with Crippen LogP contribution >= 0.6 is 0 Å². The van der Waals surface area contributed by atoms with Crippen molar-refractivity contribution in [1.82, 2.24) is 14.9 Å². The van der Waals surface area contributed by atoms with Gasteiger partial charge in [-0.2, -0.15) is 0 Å². The van der Waals surface area contributed by atoms with Crippen molar-refractivity contribution in [2.24, 2.45) is 5.92 Å². The maximum absolute atomic E-state index is 11.4. The molecule has 1 N–H and O–H groups in total. The second-order valence-electron chi connectivity index (χ2n) is 4.54. The number of ketones is 1. The molecule has 1 atom stereocenters. The molecule has 1 unspecified atom stereocenters. The summed E-state index contributed by atoms with van der Waals surface area (Å²) in [6.45, 7) is 3.66. The third kappa shape index (κ3) is 2.70. The van der Waals surface area contributed by atoms with Crippen molar-refractivity contribution >= 4 is 11.8 Å². The Hall–Kier alpha value is -1.82. The first-order valence-corrected chi connectivity index (χ1v) is 5.85. The zero-order chi connectivity index (χ0) is 13.1. The normalized spacial score (nSPS) is 20.9. The first-order chi connectivity index (χ1) is 8.58. The van der Waals surface area contributed by atoms with Crippen LogP contribution in [0.3, 0.4) is 0 Å². The van der Waals surface area contributed by atoms with Crippen LogP contribution in [-0.2, 0) is 11.3 Å². The molecule has 0 radical (unpaired) electrons. The van der Waals surface area contributed by atoms with Crippen molar-refractivity contribution in [3.63, 3.8) is 0 Å². The van der Waals surface area contributed by atoms with Crippen LogP contribution in [0, 0.1) is 5.92 Å². The number of aromatic nitrogens is 2. The van der Waals surface area contributed by atoms with E-state index in [9.17, 15) is 9.59 Å². The van der Waals surface area contributed by atoms with Gasteiger partial charge in [0.25, 0.3) is 0 Å². The SMILES string of the molecule is CC1CN(Cc2ncncc2C(=O)O)CCC1=O. The number of piperidine rings is 1. The van der Waals surface area contributed by atoms with Crippen molar-refractivity contribution in [2.75, 3.05) is 13.1 Å². The first-order valence-electron chi connectivity index (χ1n) is 5.85. The molecule has 1 aliphatic heterocycles. The molecule has 0 amide bonds. The summed E-state index contributed by atoms with van der Waals surface area (Å²) in [6, 6.07) is 0. The lowest BCUT2D eigenvalue weighted by atomic mass is 9.98. The van der Waals surface area contributed by atoms with Crippen LogP contribution in [0.25, 0.3) is 0 Å². The highest BCUT2D eigenvalue weighted by Gasteiger charge is 2.24. The fourth-order valence-electron chi connectivity index (χ4n) is 2.11. The van der Waals surface area contributed by atoms with Gasteiger partial charge in [0.1, 0.15) is 17.7 Å². The molecule has 0 aromatic carbocycles. The fourth-order valence-corrected chi connectivity index (χ4v) is 2.11. The summed E-state index contributed by atoms with van der Waals surface area (Å²) in [5, 5.41) is 9.04. The smallest absolute Gasteiger partial charge is 0.339 e. The van der Waals surface area contributed by atoms with Gasteiger partial charge in [-0.05, 0) is 0 Å². The van der Waals surface area contributed by atoms with E-state index in [1.807, 2.05) is 6.92 Å². The third-order valence-corrected chi connectivity index (χ3v) is 3.15. The minimum absolute atomic E-state index is 0.00821. The summed E-state index contributed by atoms with van der Waals surface area (Å²) in [5.41, 5.74) is 0.626. The number of carboxylic acid groups (broad SMARTS) is 1. The molecule has 0 aliphatic carbocycles. The highest BCUT2D eigenvalue weighted by atomic mass is 16.4. The van der Waals surface area contributed by atoms with Crippen molar-refractivity contribution in [2.45, 2.75) is 19.9 Å². The van der Waals surface area contributed by atoms with E-state index in [1.165, 1.54) is 12.5 Å². The number of aromatic carboxylic acids is 1. The van der Waals surface area contributed by atoms with Gasteiger partial charge in [0, 0.05) is 38.2 Å². The quantitative estimate of drug-likeness (QED) is 0.844. The van der Waals surface area contributed by atoms with Gasteiger partial charge in [-0.1, -0.05) is 6.92 Å². The molecular formula is C12H15N3O3. The maximum Gasteiger partial charge on any atom is 0.339 e. The minimum Gasteiger partial charge on any atom is -0.478 e. The largest absolute Gasteiger partial charge is 0.478 e. The maximum atomic E-state index is 11.4. The highest BCUT2D eigenvalue weighted by molar-refractivity contribution is 5.88. The van der Waals surface area contributed by atoms with Crippen molar-refractivity contribution in [3.8, 4) is 0 Å². The van der Waals surface area contributed by atoms with Gasteiger partial charge in [-0.15, -0.1) is 0 Å². The molecule has 18 heavy (non-hydrogen) atoms. The van der Waals surface area contributed by atoms with E-state index < -0.39 is 5.97 Å². The van der Waals surface area contributed by atoms with Gasteiger partial charge in [-0.3, -0.25) is 9.69 Å². The summed E-state index contributed by atoms with van der Waals surface area (Å²) < 4.78 is 0. The first kappa shape index (κ1) is 12.6. The predicted molar refractivity (Wildman–Crippen MR) is 63.1 cm³/mol. The van der Waals surface area contributed by atoms with E-state index in [0.717, 1.165) is 0 Å². The van der Waals surface area contributed by atoms with Crippen LogP contribution in [0.4, 0.5) is 0 Å². The topological polar surface area (TPSA) is 83.4 Å². The minimum atomic E-state index is -1.02. The Morgan fingerprint density at radius 1 is 1.61 bits per heavy atom. The molecule has 0 bridgehead atoms. The van der Waals surface area contributed by atoms with Gasteiger partial charge in [0.05, 0.1) is 5.69 Å². The molecule has 1 aliphatic rings. The summed E-state index contributed by atoms with van der Waals surface area (Å²) >= 11 is 0. The van der Waals surface area contributed by atoms with Gasteiger partial charge in [0.2, 0.25) is 0 Å².